The van der Waals surface area contributed by atoms with Crippen LogP contribution in [0.3, 0.4) is 0 Å². The molecule has 3 nitrogen and oxygen atoms in total. The number of rotatable bonds is 4. The third-order valence-corrected chi connectivity index (χ3v) is 14.3. The van der Waals surface area contributed by atoms with Crippen molar-refractivity contribution in [1.82, 2.24) is 14.5 Å². The molecule has 0 amide bonds. The monoisotopic (exact) mass is 785 g/mol. The smallest absolute Gasteiger partial charge is 0.163 e. The fourth-order valence-electron chi connectivity index (χ4n) is 9.38. The molecule has 0 N–H and O–H groups in total. The summed E-state index contributed by atoms with van der Waals surface area (Å²) in [6, 6.07) is 68.1. The Balaban J connectivity index is 1.16. The lowest BCUT2D eigenvalue weighted by molar-refractivity contribution is 1.08. The molecule has 4 heterocycles. The maximum absolute atomic E-state index is 5.73. The van der Waals surface area contributed by atoms with Gasteiger partial charge in [0.2, 0.25) is 0 Å². The second-order valence-electron chi connectivity index (χ2n) is 15.3. The predicted octanol–water partition coefficient (Wildman–Crippen LogP) is 15.6. The van der Waals surface area contributed by atoms with E-state index in [1.165, 1.54) is 79.2 Å². The molecule has 274 valence electrons. The van der Waals surface area contributed by atoms with Gasteiger partial charge >= 0.3 is 0 Å². The van der Waals surface area contributed by atoms with Crippen molar-refractivity contribution in [3.63, 3.8) is 0 Å². The molecule has 0 aliphatic heterocycles. The maximum Gasteiger partial charge on any atom is 0.163 e. The summed E-state index contributed by atoms with van der Waals surface area (Å²) in [7, 11) is 0. The van der Waals surface area contributed by atoms with Gasteiger partial charge in [-0.25, -0.2) is 9.97 Å². The van der Waals surface area contributed by atoms with Crippen molar-refractivity contribution >= 4 is 106 Å². The molecule has 9 aromatic carbocycles. The Kier molecular flexibility index (Phi) is 7.05. The zero-order valence-electron chi connectivity index (χ0n) is 31.6. The van der Waals surface area contributed by atoms with E-state index >= 15 is 0 Å². The van der Waals surface area contributed by atoms with E-state index in [1.54, 1.807) is 11.3 Å². The number of aromatic nitrogens is 3. The molecule has 4 aromatic heterocycles. The molecular weight excluding hydrogens is 755 g/mol. The zero-order valence-corrected chi connectivity index (χ0v) is 33.2. The third kappa shape index (κ3) is 4.86. The molecule has 0 aliphatic carbocycles. The van der Waals surface area contributed by atoms with E-state index in [0.717, 1.165) is 38.2 Å². The summed E-state index contributed by atoms with van der Waals surface area (Å²) < 4.78 is 6.25. The van der Waals surface area contributed by atoms with Crippen molar-refractivity contribution in [3.05, 3.63) is 188 Å². The Labute approximate surface area is 346 Å². The second-order valence-corrected chi connectivity index (χ2v) is 17.3. The molecule has 0 atom stereocenters. The molecule has 0 saturated heterocycles. The molecule has 0 fully saturated rings. The van der Waals surface area contributed by atoms with Gasteiger partial charge in [-0.05, 0) is 68.7 Å². The zero-order chi connectivity index (χ0) is 38.6. The van der Waals surface area contributed by atoms with Crippen LogP contribution in [0.5, 0.6) is 0 Å². The highest BCUT2D eigenvalue weighted by atomic mass is 32.1. The van der Waals surface area contributed by atoms with Crippen LogP contribution in [0, 0.1) is 0 Å². The van der Waals surface area contributed by atoms with Gasteiger partial charge in [-0.3, -0.25) is 4.57 Å². The fraction of sp³-hybridized carbons (Fsp3) is 0. The lowest BCUT2D eigenvalue weighted by atomic mass is 9.91. The highest BCUT2D eigenvalue weighted by molar-refractivity contribution is 7.27. The summed E-state index contributed by atoms with van der Waals surface area (Å²) in [5.74, 6) is 1.61. The lowest BCUT2D eigenvalue weighted by Gasteiger charge is -2.15. The topological polar surface area (TPSA) is 30.7 Å². The molecule has 0 bridgehead atoms. The predicted molar refractivity (Wildman–Crippen MR) is 253 cm³/mol. The van der Waals surface area contributed by atoms with Gasteiger partial charge in [0, 0.05) is 52.0 Å². The molecule has 13 rings (SSSR count). The van der Waals surface area contributed by atoms with Gasteiger partial charge in [0.15, 0.2) is 11.6 Å². The molecule has 13 aromatic rings. The van der Waals surface area contributed by atoms with Crippen molar-refractivity contribution in [2.24, 2.45) is 0 Å². The normalized spacial score (nSPS) is 12.1. The van der Waals surface area contributed by atoms with E-state index in [2.05, 4.69) is 193 Å². The maximum atomic E-state index is 5.73. The summed E-state index contributed by atoms with van der Waals surface area (Å²) in [4.78, 5) is 12.1. The Hall–Kier alpha value is -7.18. The molecule has 5 heteroatoms. The van der Waals surface area contributed by atoms with Crippen molar-refractivity contribution in [3.8, 4) is 39.5 Å². The highest BCUT2D eigenvalue weighted by Crippen LogP contribution is 2.49. The van der Waals surface area contributed by atoms with Gasteiger partial charge in [0.05, 0.1) is 16.4 Å². The Bertz CT molecular complexity index is 3850. The lowest BCUT2D eigenvalue weighted by Crippen LogP contribution is -2.02. The average molecular weight is 786 g/mol. The van der Waals surface area contributed by atoms with E-state index in [9.17, 15) is 0 Å². The molecule has 59 heavy (non-hydrogen) atoms. The molecule has 0 spiro atoms. The molecule has 0 unspecified atom stereocenters. The Morgan fingerprint density at radius 1 is 0.390 bits per heavy atom. The number of nitrogens with zero attached hydrogens (tertiary/aromatic N) is 3. The fourth-order valence-corrected chi connectivity index (χ4v) is 11.7. The minimum Gasteiger partial charge on any atom is -0.292 e. The van der Waals surface area contributed by atoms with Crippen LogP contribution in [-0.4, -0.2) is 14.5 Å². The largest absolute Gasteiger partial charge is 0.292 e. The van der Waals surface area contributed by atoms with E-state index in [0.29, 0.717) is 5.82 Å². The highest BCUT2D eigenvalue weighted by Gasteiger charge is 2.25. The summed E-state index contributed by atoms with van der Waals surface area (Å²) in [5.41, 5.74) is 7.96. The van der Waals surface area contributed by atoms with Gasteiger partial charge in [-0.1, -0.05) is 158 Å². The van der Waals surface area contributed by atoms with Gasteiger partial charge in [0.1, 0.15) is 4.83 Å². The van der Waals surface area contributed by atoms with E-state index in [-0.39, 0.29) is 0 Å². The van der Waals surface area contributed by atoms with Gasteiger partial charge in [-0.2, -0.15) is 0 Å². The van der Waals surface area contributed by atoms with Crippen molar-refractivity contribution in [2.75, 3.05) is 0 Å². The third-order valence-electron chi connectivity index (χ3n) is 12.0. The quantitative estimate of drug-likeness (QED) is 0.178. The minimum absolute atomic E-state index is 0.708. The molecular formula is C54H31N3S2. The summed E-state index contributed by atoms with van der Waals surface area (Å²) >= 11 is 3.63. The van der Waals surface area contributed by atoms with E-state index in [4.69, 9.17) is 9.97 Å². The van der Waals surface area contributed by atoms with Crippen LogP contribution >= 0.6 is 22.7 Å². The van der Waals surface area contributed by atoms with Crippen LogP contribution in [-0.2, 0) is 0 Å². The number of hydrogen-bond donors (Lipinski definition) is 0. The first-order chi connectivity index (χ1) is 29.3. The van der Waals surface area contributed by atoms with E-state index in [1.807, 2.05) is 11.3 Å². The van der Waals surface area contributed by atoms with Crippen molar-refractivity contribution in [2.45, 2.75) is 0 Å². The van der Waals surface area contributed by atoms with Crippen molar-refractivity contribution < 1.29 is 0 Å². The molecule has 0 aliphatic rings. The first kappa shape index (κ1) is 32.9. The van der Waals surface area contributed by atoms with Crippen LogP contribution in [0.4, 0.5) is 0 Å². The van der Waals surface area contributed by atoms with Crippen LogP contribution < -0.4 is 0 Å². The number of para-hydroxylation sites is 1. The van der Waals surface area contributed by atoms with Crippen LogP contribution in [0.15, 0.2) is 188 Å². The average Bonchev–Trinajstić information content (AvgIpc) is 3.99. The minimum atomic E-state index is 0.708. The summed E-state index contributed by atoms with van der Waals surface area (Å²) in [6.45, 7) is 0. The summed E-state index contributed by atoms with van der Waals surface area (Å²) in [6.07, 6.45) is 0. The number of hydrogen-bond acceptors (Lipinski definition) is 4. The van der Waals surface area contributed by atoms with Gasteiger partial charge in [0.25, 0.3) is 0 Å². The number of thiophene rings is 2. The Morgan fingerprint density at radius 3 is 1.86 bits per heavy atom. The van der Waals surface area contributed by atoms with Gasteiger partial charge < -0.3 is 0 Å². The molecule has 0 radical (unpaired) electrons. The van der Waals surface area contributed by atoms with Gasteiger partial charge in [-0.15, -0.1) is 22.7 Å². The second kappa shape index (κ2) is 12.7. The van der Waals surface area contributed by atoms with Crippen LogP contribution in [0.1, 0.15) is 0 Å². The van der Waals surface area contributed by atoms with Crippen LogP contribution in [0.2, 0.25) is 0 Å². The molecule has 0 saturated carbocycles. The van der Waals surface area contributed by atoms with Crippen LogP contribution in [0.25, 0.3) is 123 Å². The summed E-state index contributed by atoms with van der Waals surface area (Å²) in [5, 5.41) is 12.3. The number of fused-ring (bicyclic) bond motifs is 14. The first-order valence-corrected chi connectivity index (χ1v) is 21.5. The first-order valence-electron chi connectivity index (χ1n) is 19.9. The van der Waals surface area contributed by atoms with Crippen molar-refractivity contribution in [1.29, 1.82) is 0 Å². The number of benzene rings is 9. The SMILES string of the molecule is c1ccc(-c2cc(-c3nc(-n4c5ccccc5c5c6ccccc6c6sc7ccccc7c6c54)c4c(n3)sc3ccccc34)ccc2-c2ccc3ccccc3c2)cc1. The Morgan fingerprint density at radius 2 is 1.03 bits per heavy atom. The van der Waals surface area contributed by atoms with E-state index < -0.39 is 0 Å². The standard InChI is InChI=1S/C54H31N3S2/c1-2-15-33(16-3-1)43-31-36(28-29-37(43)35-27-26-32-14-4-5-17-34(32)30-35)52-55-53(49-42-22-10-13-25-46(42)59-54(49)56-52)57-44-23-11-8-20-40(44)47-38-18-6-7-19-39(38)51-48(50(47)57)41-21-9-12-24-45(41)58-51/h1-31H.